The molecule has 5 heteroatoms. The van der Waals surface area contributed by atoms with Crippen molar-refractivity contribution in [3.8, 4) is 50.5 Å². The van der Waals surface area contributed by atoms with Gasteiger partial charge >= 0.3 is 0 Å². The SMILES string of the molecule is CNc1ccccc1N1c2ccc(-c3ccc(-c4nc5ccccc5n4-c4ccccc4)cc3)cc2-c2ccccc2-c2cccc(Cl)c21. The molecule has 1 aliphatic heterocycles. The van der Waals surface area contributed by atoms with Gasteiger partial charge in [0.2, 0.25) is 0 Å². The first-order valence-corrected chi connectivity index (χ1v) is 16.8. The van der Waals surface area contributed by atoms with E-state index in [0.717, 1.165) is 78.7 Å². The first-order valence-electron chi connectivity index (χ1n) is 16.4. The molecule has 4 nitrogen and oxygen atoms in total. The molecule has 0 atom stereocenters. The van der Waals surface area contributed by atoms with Crippen LogP contribution in [0.1, 0.15) is 0 Å². The number of hydrogen-bond donors (Lipinski definition) is 1. The maximum atomic E-state index is 7.09. The van der Waals surface area contributed by atoms with E-state index >= 15 is 0 Å². The fraction of sp³-hybridized carbons (Fsp3) is 0.0227. The molecule has 8 aromatic rings. The Morgan fingerprint density at radius 3 is 2.00 bits per heavy atom. The van der Waals surface area contributed by atoms with Gasteiger partial charge in [0.15, 0.2) is 0 Å². The van der Waals surface area contributed by atoms with Crippen LogP contribution in [0.15, 0.2) is 164 Å². The maximum Gasteiger partial charge on any atom is 0.145 e. The van der Waals surface area contributed by atoms with Gasteiger partial charge < -0.3 is 10.2 Å². The summed E-state index contributed by atoms with van der Waals surface area (Å²) in [6, 6.07) is 57.5. The molecule has 0 saturated carbocycles. The number of anilines is 4. The second-order valence-corrected chi connectivity index (χ2v) is 12.6. The summed E-state index contributed by atoms with van der Waals surface area (Å²) in [5.74, 6) is 0.920. The third kappa shape index (κ3) is 4.80. The summed E-state index contributed by atoms with van der Waals surface area (Å²) < 4.78 is 2.24. The zero-order chi connectivity index (χ0) is 32.9. The van der Waals surface area contributed by atoms with E-state index in [1.807, 2.05) is 31.3 Å². The van der Waals surface area contributed by atoms with Crippen LogP contribution in [0.2, 0.25) is 5.02 Å². The Morgan fingerprint density at radius 2 is 1.18 bits per heavy atom. The van der Waals surface area contributed by atoms with Crippen LogP contribution in [0.25, 0.3) is 61.5 Å². The summed E-state index contributed by atoms with van der Waals surface area (Å²) in [4.78, 5) is 7.38. The average Bonchev–Trinajstić information content (AvgIpc) is 3.50. The molecular weight excluding hydrogens is 620 g/mol. The van der Waals surface area contributed by atoms with Gasteiger partial charge in [0, 0.05) is 29.4 Å². The molecule has 0 aliphatic carbocycles. The number of nitrogens with one attached hydrogen (secondary N) is 1. The Balaban J connectivity index is 1.20. The fourth-order valence-electron chi connectivity index (χ4n) is 7.16. The summed E-state index contributed by atoms with van der Waals surface area (Å²) >= 11 is 7.09. The van der Waals surface area contributed by atoms with E-state index in [0.29, 0.717) is 5.02 Å². The largest absolute Gasteiger partial charge is 0.386 e. The summed E-state index contributed by atoms with van der Waals surface area (Å²) in [7, 11) is 1.96. The Labute approximate surface area is 290 Å². The van der Waals surface area contributed by atoms with E-state index in [4.69, 9.17) is 16.6 Å². The highest BCUT2D eigenvalue weighted by Gasteiger charge is 2.29. The number of nitrogens with zero attached hydrogens (tertiary/aromatic N) is 3. The van der Waals surface area contributed by atoms with E-state index in [1.165, 1.54) is 5.56 Å². The van der Waals surface area contributed by atoms with Crippen molar-refractivity contribution in [1.29, 1.82) is 0 Å². The lowest BCUT2D eigenvalue weighted by Crippen LogP contribution is -2.13. The highest BCUT2D eigenvalue weighted by Crippen LogP contribution is 2.54. The first kappa shape index (κ1) is 29.1. The van der Waals surface area contributed by atoms with Crippen LogP contribution in [-0.2, 0) is 0 Å². The van der Waals surface area contributed by atoms with Gasteiger partial charge in [-0.05, 0) is 76.9 Å². The van der Waals surface area contributed by atoms with E-state index in [-0.39, 0.29) is 0 Å². The average molecular weight is 651 g/mol. The highest BCUT2D eigenvalue weighted by molar-refractivity contribution is 6.35. The quantitative estimate of drug-likeness (QED) is 0.201. The second kappa shape index (κ2) is 11.9. The zero-order valence-electron chi connectivity index (χ0n) is 26.8. The van der Waals surface area contributed by atoms with E-state index < -0.39 is 0 Å². The van der Waals surface area contributed by atoms with Crippen molar-refractivity contribution >= 4 is 45.4 Å². The van der Waals surface area contributed by atoms with Gasteiger partial charge in [-0.3, -0.25) is 4.57 Å². The predicted octanol–water partition coefficient (Wildman–Crippen LogP) is 12.2. The van der Waals surface area contributed by atoms with E-state index in [2.05, 4.69) is 154 Å². The van der Waals surface area contributed by atoms with Crippen LogP contribution < -0.4 is 10.2 Å². The molecule has 9 rings (SSSR count). The molecular formula is C44H31ClN4. The van der Waals surface area contributed by atoms with Gasteiger partial charge in [-0.2, -0.15) is 0 Å². The number of rotatable bonds is 5. The topological polar surface area (TPSA) is 33.1 Å². The molecule has 0 saturated heterocycles. The van der Waals surface area contributed by atoms with Crippen molar-refractivity contribution in [3.05, 3.63) is 169 Å². The molecule has 1 aromatic heterocycles. The minimum absolute atomic E-state index is 0.701. The molecule has 0 unspecified atom stereocenters. The minimum Gasteiger partial charge on any atom is -0.386 e. The van der Waals surface area contributed by atoms with Gasteiger partial charge in [0.1, 0.15) is 5.82 Å². The minimum atomic E-state index is 0.701. The van der Waals surface area contributed by atoms with Crippen molar-refractivity contribution in [2.75, 3.05) is 17.3 Å². The van der Waals surface area contributed by atoms with Crippen molar-refractivity contribution in [1.82, 2.24) is 9.55 Å². The van der Waals surface area contributed by atoms with Crippen molar-refractivity contribution in [3.63, 3.8) is 0 Å². The molecule has 0 fully saturated rings. The molecule has 49 heavy (non-hydrogen) atoms. The van der Waals surface area contributed by atoms with Gasteiger partial charge in [-0.15, -0.1) is 0 Å². The second-order valence-electron chi connectivity index (χ2n) is 12.2. The molecule has 0 bridgehead atoms. The Hall–Kier alpha value is -6.10. The molecule has 1 N–H and O–H groups in total. The molecule has 0 radical (unpaired) electrons. The summed E-state index contributed by atoms with van der Waals surface area (Å²) in [5.41, 5.74) is 15.1. The number of aromatic nitrogens is 2. The van der Waals surface area contributed by atoms with Gasteiger partial charge in [-0.1, -0.05) is 121 Å². The molecule has 7 aromatic carbocycles. The number of benzene rings is 7. The Morgan fingerprint density at radius 1 is 0.531 bits per heavy atom. The third-order valence-electron chi connectivity index (χ3n) is 9.42. The predicted molar refractivity (Wildman–Crippen MR) is 206 cm³/mol. The van der Waals surface area contributed by atoms with Crippen LogP contribution in [0.3, 0.4) is 0 Å². The lowest BCUT2D eigenvalue weighted by Gasteiger charge is -2.30. The van der Waals surface area contributed by atoms with Crippen LogP contribution >= 0.6 is 11.6 Å². The lowest BCUT2D eigenvalue weighted by molar-refractivity contribution is 1.10. The molecule has 0 amide bonds. The zero-order valence-corrected chi connectivity index (χ0v) is 27.6. The van der Waals surface area contributed by atoms with Crippen molar-refractivity contribution in [2.45, 2.75) is 0 Å². The standard InChI is InChI=1S/C44H31ClN4/c1-46-38-18-7-9-20-41(38)49-40-27-26-31(28-36(40)34-15-6-5-14-33(34)35-16-11-17-37(45)43(35)49)29-22-24-30(25-23-29)44-47-39-19-8-10-21-42(39)48(44)32-12-3-2-4-13-32/h2-28,46H,1H3. The number of imidazole rings is 1. The summed E-state index contributed by atoms with van der Waals surface area (Å²) in [5, 5.41) is 4.10. The van der Waals surface area contributed by atoms with Crippen molar-refractivity contribution < 1.29 is 0 Å². The monoisotopic (exact) mass is 650 g/mol. The van der Waals surface area contributed by atoms with Gasteiger partial charge in [0.25, 0.3) is 0 Å². The van der Waals surface area contributed by atoms with Crippen LogP contribution in [0, 0.1) is 0 Å². The number of hydrogen-bond acceptors (Lipinski definition) is 3. The molecule has 2 heterocycles. The van der Waals surface area contributed by atoms with Gasteiger partial charge in [0.05, 0.1) is 38.8 Å². The smallest absolute Gasteiger partial charge is 0.145 e. The normalized spacial score (nSPS) is 11.8. The van der Waals surface area contributed by atoms with E-state index in [1.54, 1.807) is 0 Å². The summed E-state index contributed by atoms with van der Waals surface area (Å²) in [6.45, 7) is 0. The van der Waals surface area contributed by atoms with E-state index in [9.17, 15) is 0 Å². The third-order valence-corrected chi connectivity index (χ3v) is 9.73. The molecule has 0 spiro atoms. The van der Waals surface area contributed by atoms with Crippen LogP contribution in [0.4, 0.5) is 22.7 Å². The Kier molecular flexibility index (Phi) is 7.03. The molecule has 234 valence electrons. The number of fused-ring (bicyclic) bond motifs is 6. The number of halogens is 1. The lowest BCUT2D eigenvalue weighted by atomic mass is 9.92. The van der Waals surface area contributed by atoms with Crippen LogP contribution in [-0.4, -0.2) is 16.6 Å². The fourth-order valence-corrected chi connectivity index (χ4v) is 7.42. The number of para-hydroxylation sites is 6. The first-order chi connectivity index (χ1) is 24.2. The Bertz CT molecular complexity index is 2500. The summed E-state index contributed by atoms with van der Waals surface area (Å²) in [6.07, 6.45) is 0. The molecule has 1 aliphatic rings. The highest BCUT2D eigenvalue weighted by atomic mass is 35.5. The van der Waals surface area contributed by atoms with Gasteiger partial charge in [-0.25, -0.2) is 4.98 Å². The maximum absolute atomic E-state index is 7.09. The van der Waals surface area contributed by atoms with Crippen LogP contribution in [0.5, 0.6) is 0 Å². The van der Waals surface area contributed by atoms with Crippen molar-refractivity contribution in [2.24, 2.45) is 0 Å².